The third kappa shape index (κ3) is 5.06. The molecule has 0 amide bonds. The number of hydrogen-bond donors (Lipinski definition) is 2. The average Bonchev–Trinajstić information content (AvgIpc) is 2.43. The zero-order valence-corrected chi connectivity index (χ0v) is 12.2. The second kappa shape index (κ2) is 8.24. The monoisotopic (exact) mass is 294 g/mol. The lowest BCUT2D eigenvalue weighted by molar-refractivity contribution is -0.384. The number of nitrogens with zero attached hydrogens (tertiary/aromatic N) is 1. The van der Waals surface area contributed by atoms with Crippen LogP contribution in [0.2, 0.25) is 0 Å². The van der Waals surface area contributed by atoms with Crippen LogP contribution in [0.15, 0.2) is 18.2 Å². The normalized spacial score (nSPS) is 12.0. The number of anilines is 1. The van der Waals surface area contributed by atoms with Gasteiger partial charge < -0.3 is 10.8 Å². The minimum atomic E-state index is -0.988. The number of non-ortho nitro benzene ring substituents is 1. The molecule has 0 heterocycles. The van der Waals surface area contributed by atoms with Crippen molar-refractivity contribution in [2.24, 2.45) is 0 Å². The van der Waals surface area contributed by atoms with Crippen molar-refractivity contribution in [2.75, 3.05) is 5.73 Å². The van der Waals surface area contributed by atoms with Crippen LogP contribution >= 0.6 is 0 Å². The Kier molecular flexibility index (Phi) is 6.65. The summed E-state index contributed by atoms with van der Waals surface area (Å²) in [5.74, 6) is -1.77. The first-order chi connectivity index (χ1) is 9.97. The number of nitrogen functional groups attached to an aromatic ring is 1. The third-order valence-corrected chi connectivity index (χ3v) is 3.55. The van der Waals surface area contributed by atoms with Gasteiger partial charge in [0.1, 0.15) is 0 Å². The molecular weight excluding hydrogens is 272 g/mol. The van der Waals surface area contributed by atoms with Gasteiger partial charge in [-0.25, -0.2) is 0 Å². The van der Waals surface area contributed by atoms with Crippen molar-refractivity contribution in [3.63, 3.8) is 0 Å². The molecule has 0 aliphatic carbocycles. The number of unbranched alkanes of at least 4 members (excludes halogenated alkanes) is 4. The Morgan fingerprint density at radius 3 is 2.57 bits per heavy atom. The Labute approximate surface area is 124 Å². The van der Waals surface area contributed by atoms with E-state index < -0.39 is 16.8 Å². The van der Waals surface area contributed by atoms with Crippen LogP contribution in [0.5, 0.6) is 0 Å². The van der Waals surface area contributed by atoms with Gasteiger partial charge in [0.25, 0.3) is 5.69 Å². The van der Waals surface area contributed by atoms with Crippen LogP contribution in [0.1, 0.15) is 56.9 Å². The number of nitro benzene ring substituents is 1. The van der Waals surface area contributed by atoms with Crippen LogP contribution in [0.25, 0.3) is 0 Å². The zero-order valence-electron chi connectivity index (χ0n) is 12.2. The highest BCUT2D eigenvalue weighted by Crippen LogP contribution is 2.31. The van der Waals surface area contributed by atoms with E-state index in [9.17, 15) is 20.0 Å². The standard InChI is InChI=1S/C15H22N2O4/c1-2-3-4-5-6-7-12(15(18)19)13-10-11(17(20)21)8-9-14(13)16/h8-10,12H,2-7,16H2,1H3,(H,18,19). The van der Waals surface area contributed by atoms with E-state index in [0.29, 0.717) is 17.7 Å². The van der Waals surface area contributed by atoms with E-state index in [4.69, 9.17) is 5.73 Å². The Hall–Kier alpha value is -2.11. The first kappa shape index (κ1) is 16.9. The molecule has 0 fully saturated rings. The fraction of sp³-hybridized carbons (Fsp3) is 0.533. The van der Waals surface area contributed by atoms with Crippen molar-refractivity contribution in [1.29, 1.82) is 0 Å². The number of hydrogen-bond acceptors (Lipinski definition) is 4. The van der Waals surface area contributed by atoms with Crippen LogP contribution in [-0.2, 0) is 4.79 Å². The number of nitrogens with two attached hydrogens (primary N) is 1. The van der Waals surface area contributed by atoms with Crippen LogP contribution in [-0.4, -0.2) is 16.0 Å². The summed E-state index contributed by atoms with van der Waals surface area (Å²) < 4.78 is 0. The number of carboxylic acids is 1. The molecule has 1 rings (SSSR count). The zero-order chi connectivity index (χ0) is 15.8. The fourth-order valence-corrected chi connectivity index (χ4v) is 2.34. The summed E-state index contributed by atoms with van der Waals surface area (Å²) in [6.45, 7) is 2.11. The molecule has 6 heteroatoms. The number of aliphatic carboxylic acids is 1. The Morgan fingerprint density at radius 1 is 1.33 bits per heavy atom. The van der Waals surface area contributed by atoms with Gasteiger partial charge in [0, 0.05) is 17.8 Å². The number of nitro groups is 1. The highest BCUT2D eigenvalue weighted by Gasteiger charge is 2.23. The molecule has 0 spiro atoms. The van der Waals surface area contributed by atoms with E-state index in [-0.39, 0.29) is 5.69 Å². The molecule has 0 radical (unpaired) electrons. The van der Waals surface area contributed by atoms with Crippen LogP contribution < -0.4 is 5.73 Å². The highest BCUT2D eigenvalue weighted by molar-refractivity contribution is 5.79. The smallest absolute Gasteiger partial charge is 0.311 e. The van der Waals surface area contributed by atoms with Gasteiger partial charge in [0.05, 0.1) is 10.8 Å². The molecule has 0 aromatic heterocycles. The first-order valence-corrected chi connectivity index (χ1v) is 7.24. The molecular formula is C15H22N2O4. The average molecular weight is 294 g/mol. The Bertz CT molecular complexity index is 502. The molecule has 1 atom stereocenters. The van der Waals surface area contributed by atoms with E-state index in [0.717, 1.165) is 32.1 Å². The lowest BCUT2D eigenvalue weighted by Crippen LogP contribution is -2.14. The van der Waals surface area contributed by atoms with Crippen LogP contribution in [0.3, 0.4) is 0 Å². The van der Waals surface area contributed by atoms with Crippen molar-refractivity contribution in [3.8, 4) is 0 Å². The molecule has 1 aromatic rings. The van der Waals surface area contributed by atoms with Crippen molar-refractivity contribution in [2.45, 2.75) is 51.4 Å². The maximum absolute atomic E-state index is 11.4. The lowest BCUT2D eigenvalue weighted by atomic mass is 9.91. The molecule has 6 nitrogen and oxygen atoms in total. The van der Waals surface area contributed by atoms with Gasteiger partial charge in [-0.15, -0.1) is 0 Å². The van der Waals surface area contributed by atoms with E-state index in [2.05, 4.69) is 6.92 Å². The molecule has 0 aliphatic rings. The van der Waals surface area contributed by atoms with Gasteiger partial charge in [-0.3, -0.25) is 14.9 Å². The summed E-state index contributed by atoms with van der Waals surface area (Å²) in [4.78, 5) is 21.7. The third-order valence-electron chi connectivity index (χ3n) is 3.55. The quantitative estimate of drug-likeness (QED) is 0.312. The van der Waals surface area contributed by atoms with E-state index in [1.165, 1.54) is 18.2 Å². The maximum atomic E-state index is 11.4. The summed E-state index contributed by atoms with van der Waals surface area (Å²) in [7, 11) is 0. The minimum absolute atomic E-state index is 0.128. The topological polar surface area (TPSA) is 106 Å². The Balaban J connectivity index is 2.82. The van der Waals surface area contributed by atoms with Gasteiger partial charge in [-0.2, -0.15) is 0 Å². The molecule has 0 saturated heterocycles. The van der Waals surface area contributed by atoms with Gasteiger partial charge in [-0.1, -0.05) is 39.0 Å². The summed E-state index contributed by atoms with van der Waals surface area (Å²) in [5, 5.41) is 20.2. The molecule has 1 aromatic carbocycles. The maximum Gasteiger partial charge on any atom is 0.311 e. The van der Waals surface area contributed by atoms with E-state index >= 15 is 0 Å². The first-order valence-electron chi connectivity index (χ1n) is 7.24. The summed E-state index contributed by atoms with van der Waals surface area (Å²) >= 11 is 0. The Morgan fingerprint density at radius 2 is 2.00 bits per heavy atom. The summed E-state index contributed by atoms with van der Waals surface area (Å²) in [6.07, 6.45) is 5.53. The number of carbonyl (C=O) groups is 1. The van der Waals surface area contributed by atoms with Crippen molar-refractivity contribution in [1.82, 2.24) is 0 Å². The largest absolute Gasteiger partial charge is 0.481 e. The van der Waals surface area contributed by atoms with Crippen LogP contribution in [0, 0.1) is 10.1 Å². The minimum Gasteiger partial charge on any atom is -0.481 e. The molecule has 21 heavy (non-hydrogen) atoms. The second-order valence-electron chi connectivity index (χ2n) is 5.16. The SMILES string of the molecule is CCCCCCCC(C(=O)O)c1cc([N+](=O)[O-])ccc1N. The molecule has 3 N–H and O–H groups in total. The van der Waals surface area contributed by atoms with Gasteiger partial charge >= 0.3 is 5.97 Å². The van der Waals surface area contributed by atoms with Crippen molar-refractivity contribution < 1.29 is 14.8 Å². The number of benzene rings is 1. The van der Waals surface area contributed by atoms with Crippen molar-refractivity contribution >= 4 is 17.3 Å². The predicted molar refractivity (Wildman–Crippen MR) is 81.3 cm³/mol. The lowest BCUT2D eigenvalue weighted by Gasteiger charge is -2.14. The molecule has 0 aliphatic heterocycles. The van der Waals surface area contributed by atoms with Crippen molar-refractivity contribution in [3.05, 3.63) is 33.9 Å². The fourth-order valence-electron chi connectivity index (χ4n) is 2.34. The van der Waals surface area contributed by atoms with Gasteiger partial charge in [0.15, 0.2) is 0 Å². The second-order valence-corrected chi connectivity index (χ2v) is 5.16. The number of rotatable bonds is 9. The molecule has 116 valence electrons. The van der Waals surface area contributed by atoms with Crippen LogP contribution in [0.4, 0.5) is 11.4 Å². The number of carboxylic acid groups (broad SMARTS) is 1. The highest BCUT2D eigenvalue weighted by atomic mass is 16.6. The molecule has 0 saturated carbocycles. The molecule has 1 unspecified atom stereocenters. The van der Waals surface area contributed by atoms with Gasteiger partial charge in [-0.05, 0) is 18.1 Å². The van der Waals surface area contributed by atoms with E-state index in [1.54, 1.807) is 0 Å². The summed E-state index contributed by atoms with van der Waals surface area (Å²) in [5.41, 5.74) is 6.30. The molecule has 0 bridgehead atoms. The van der Waals surface area contributed by atoms with Gasteiger partial charge in [0.2, 0.25) is 0 Å². The summed E-state index contributed by atoms with van der Waals surface area (Å²) in [6, 6.07) is 3.97. The predicted octanol–water partition coefficient (Wildman–Crippen LogP) is 3.71. The van der Waals surface area contributed by atoms with E-state index in [1.807, 2.05) is 0 Å².